The second-order valence-corrected chi connectivity index (χ2v) is 3.22. The summed E-state index contributed by atoms with van der Waals surface area (Å²) in [6, 6.07) is 0. The number of fused-ring (bicyclic) bond motifs is 1. The first kappa shape index (κ1) is 6.38. The lowest BCUT2D eigenvalue weighted by molar-refractivity contribution is 0.0286. The van der Waals surface area contributed by atoms with Gasteiger partial charge in [-0.05, 0) is 6.42 Å². The molecule has 2 saturated heterocycles. The molecule has 0 aromatic heterocycles. The Balaban J connectivity index is 2.03. The van der Waals surface area contributed by atoms with E-state index < -0.39 is 0 Å². The van der Waals surface area contributed by atoms with Crippen LogP contribution < -0.4 is 5.32 Å². The van der Waals surface area contributed by atoms with Crippen LogP contribution in [0.1, 0.15) is 6.42 Å². The minimum absolute atomic E-state index is 0.477. The molecule has 2 aliphatic heterocycles. The number of hydrogen-bond donors (Lipinski definition) is 1. The molecule has 0 bridgehead atoms. The molecule has 2 unspecified atom stereocenters. The molecule has 0 amide bonds. The second-order valence-electron chi connectivity index (χ2n) is 3.22. The van der Waals surface area contributed by atoms with Crippen molar-refractivity contribution in [3.05, 3.63) is 12.2 Å². The molecule has 0 radical (unpaired) electrons. The summed E-state index contributed by atoms with van der Waals surface area (Å²) in [6.07, 6.45) is 1.64. The Bertz CT molecular complexity index is 155. The van der Waals surface area contributed by atoms with E-state index in [1.165, 1.54) is 5.57 Å². The van der Waals surface area contributed by atoms with Crippen molar-refractivity contribution in [2.75, 3.05) is 19.7 Å². The first-order chi connectivity index (χ1) is 4.86. The highest BCUT2D eigenvalue weighted by molar-refractivity contribution is 5.03. The average molecular weight is 139 g/mol. The molecule has 0 aromatic carbocycles. The van der Waals surface area contributed by atoms with E-state index in [0.29, 0.717) is 12.0 Å². The molecule has 2 aliphatic rings. The molecule has 0 aromatic rings. The fourth-order valence-corrected chi connectivity index (χ4v) is 1.76. The van der Waals surface area contributed by atoms with Gasteiger partial charge in [0.1, 0.15) is 0 Å². The van der Waals surface area contributed by atoms with E-state index in [4.69, 9.17) is 4.74 Å². The molecule has 10 heavy (non-hydrogen) atoms. The molecule has 0 aliphatic carbocycles. The van der Waals surface area contributed by atoms with Gasteiger partial charge in [-0.25, -0.2) is 0 Å². The standard InChI is InChI=1S/C8H13NO/c1-6-2-7-3-9-4-8(7)10-5-6/h7-9H,1-5H2. The largest absolute Gasteiger partial charge is 0.372 e. The highest BCUT2D eigenvalue weighted by Crippen LogP contribution is 2.25. The SMILES string of the molecule is C=C1COC2CNCC2C1. The van der Waals surface area contributed by atoms with Gasteiger partial charge in [0, 0.05) is 19.0 Å². The van der Waals surface area contributed by atoms with Crippen LogP contribution in [0.15, 0.2) is 12.2 Å². The van der Waals surface area contributed by atoms with E-state index in [2.05, 4.69) is 11.9 Å². The van der Waals surface area contributed by atoms with Crippen LogP contribution in [0.4, 0.5) is 0 Å². The maximum absolute atomic E-state index is 5.55. The molecular formula is C8H13NO. The number of hydrogen-bond acceptors (Lipinski definition) is 2. The van der Waals surface area contributed by atoms with Crippen LogP contribution in [-0.4, -0.2) is 25.8 Å². The summed E-state index contributed by atoms with van der Waals surface area (Å²) in [5, 5.41) is 3.32. The predicted octanol–water partition coefficient (Wildman–Crippen LogP) is 0.551. The predicted molar refractivity (Wildman–Crippen MR) is 39.9 cm³/mol. The zero-order chi connectivity index (χ0) is 6.97. The lowest BCUT2D eigenvalue weighted by Gasteiger charge is -2.26. The topological polar surface area (TPSA) is 21.3 Å². The van der Waals surface area contributed by atoms with Crippen LogP contribution in [0.2, 0.25) is 0 Å². The summed E-state index contributed by atoms with van der Waals surface area (Å²) in [7, 11) is 0. The summed E-state index contributed by atoms with van der Waals surface area (Å²) in [6.45, 7) is 6.86. The first-order valence-electron chi connectivity index (χ1n) is 3.85. The Morgan fingerprint density at radius 1 is 1.50 bits per heavy atom. The Kier molecular flexibility index (Phi) is 1.51. The molecule has 2 fully saturated rings. The van der Waals surface area contributed by atoms with Gasteiger partial charge in [0.05, 0.1) is 12.7 Å². The van der Waals surface area contributed by atoms with Crippen molar-refractivity contribution in [1.29, 1.82) is 0 Å². The van der Waals surface area contributed by atoms with Crippen molar-refractivity contribution in [3.8, 4) is 0 Å². The van der Waals surface area contributed by atoms with Crippen LogP contribution in [-0.2, 0) is 4.74 Å². The smallest absolute Gasteiger partial charge is 0.0747 e. The minimum atomic E-state index is 0.477. The van der Waals surface area contributed by atoms with Crippen molar-refractivity contribution in [3.63, 3.8) is 0 Å². The summed E-state index contributed by atoms with van der Waals surface area (Å²) >= 11 is 0. The summed E-state index contributed by atoms with van der Waals surface area (Å²) in [4.78, 5) is 0. The van der Waals surface area contributed by atoms with E-state index in [9.17, 15) is 0 Å². The van der Waals surface area contributed by atoms with Gasteiger partial charge in [-0.15, -0.1) is 0 Å². The molecular weight excluding hydrogens is 126 g/mol. The van der Waals surface area contributed by atoms with E-state index in [1.54, 1.807) is 0 Å². The molecule has 56 valence electrons. The first-order valence-corrected chi connectivity index (χ1v) is 3.85. The quantitative estimate of drug-likeness (QED) is 0.495. The van der Waals surface area contributed by atoms with Crippen molar-refractivity contribution < 1.29 is 4.74 Å². The van der Waals surface area contributed by atoms with E-state index >= 15 is 0 Å². The number of rotatable bonds is 0. The normalized spacial score (nSPS) is 39.8. The van der Waals surface area contributed by atoms with Crippen LogP contribution in [0.25, 0.3) is 0 Å². The molecule has 1 N–H and O–H groups in total. The van der Waals surface area contributed by atoms with Gasteiger partial charge < -0.3 is 10.1 Å². The lowest BCUT2D eigenvalue weighted by Crippen LogP contribution is -2.28. The second kappa shape index (κ2) is 2.36. The summed E-state index contributed by atoms with van der Waals surface area (Å²) in [5.41, 5.74) is 1.25. The van der Waals surface area contributed by atoms with Crippen LogP contribution >= 0.6 is 0 Å². The third-order valence-corrected chi connectivity index (χ3v) is 2.33. The molecule has 2 rings (SSSR count). The fraction of sp³-hybridized carbons (Fsp3) is 0.750. The Morgan fingerprint density at radius 2 is 2.40 bits per heavy atom. The van der Waals surface area contributed by atoms with Crippen LogP contribution in [0.5, 0.6) is 0 Å². The van der Waals surface area contributed by atoms with Crippen molar-refractivity contribution in [2.24, 2.45) is 5.92 Å². The lowest BCUT2D eigenvalue weighted by atomic mass is 9.95. The fourth-order valence-electron chi connectivity index (χ4n) is 1.76. The van der Waals surface area contributed by atoms with E-state index in [1.807, 2.05) is 0 Å². The monoisotopic (exact) mass is 139 g/mol. The Hall–Kier alpha value is -0.340. The van der Waals surface area contributed by atoms with Crippen molar-refractivity contribution in [1.82, 2.24) is 5.32 Å². The molecule has 0 saturated carbocycles. The van der Waals surface area contributed by atoms with Gasteiger partial charge in [0.15, 0.2) is 0 Å². The Morgan fingerprint density at radius 3 is 3.30 bits per heavy atom. The van der Waals surface area contributed by atoms with Gasteiger partial charge in [-0.1, -0.05) is 12.2 Å². The molecule has 2 heteroatoms. The number of nitrogens with one attached hydrogen (secondary N) is 1. The zero-order valence-electron chi connectivity index (χ0n) is 6.10. The molecule has 2 atom stereocenters. The number of ether oxygens (including phenoxy) is 1. The van der Waals surface area contributed by atoms with Gasteiger partial charge in [-0.2, -0.15) is 0 Å². The highest BCUT2D eigenvalue weighted by Gasteiger charge is 2.31. The summed E-state index contributed by atoms with van der Waals surface area (Å²) in [5.74, 6) is 0.709. The van der Waals surface area contributed by atoms with Crippen molar-refractivity contribution in [2.45, 2.75) is 12.5 Å². The van der Waals surface area contributed by atoms with Gasteiger partial charge in [-0.3, -0.25) is 0 Å². The highest BCUT2D eigenvalue weighted by atomic mass is 16.5. The van der Waals surface area contributed by atoms with Crippen molar-refractivity contribution >= 4 is 0 Å². The molecule has 0 spiro atoms. The minimum Gasteiger partial charge on any atom is -0.372 e. The Labute approximate surface area is 61.3 Å². The zero-order valence-corrected chi connectivity index (χ0v) is 6.10. The molecule has 2 heterocycles. The van der Waals surface area contributed by atoms with E-state index in [-0.39, 0.29) is 0 Å². The van der Waals surface area contributed by atoms with Gasteiger partial charge in [0.2, 0.25) is 0 Å². The van der Waals surface area contributed by atoms with E-state index in [0.717, 1.165) is 26.1 Å². The summed E-state index contributed by atoms with van der Waals surface area (Å²) < 4.78 is 5.55. The third-order valence-electron chi connectivity index (χ3n) is 2.33. The molecule has 2 nitrogen and oxygen atoms in total. The van der Waals surface area contributed by atoms with Gasteiger partial charge in [0.25, 0.3) is 0 Å². The average Bonchev–Trinajstić information content (AvgIpc) is 2.33. The van der Waals surface area contributed by atoms with Crippen LogP contribution in [0, 0.1) is 5.92 Å². The van der Waals surface area contributed by atoms with Crippen LogP contribution in [0.3, 0.4) is 0 Å². The van der Waals surface area contributed by atoms with Gasteiger partial charge >= 0.3 is 0 Å². The third kappa shape index (κ3) is 0.976. The maximum Gasteiger partial charge on any atom is 0.0747 e. The maximum atomic E-state index is 5.55.